The van der Waals surface area contributed by atoms with Crippen LogP contribution in [0.4, 0.5) is 0 Å². The Bertz CT molecular complexity index is 458. The van der Waals surface area contributed by atoms with E-state index in [2.05, 4.69) is 10.5 Å². The van der Waals surface area contributed by atoms with Crippen LogP contribution in [0.1, 0.15) is 25.3 Å². The van der Waals surface area contributed by atoms with Gasteiger partial charge in [-0.05, 0) is 37.1 Å². The van der Waals surface area contributed by atoms with E-state index >= 15 is 0 Å². The van der Waals surface area contributed by atoms with Gasteiger partial charge in [-0.15, -0.1) is 0 Å². The van der Waals surface area contributed by atoms with Crippen molar-refractivity contribution < 1.29 is 19.7 Å². The third-order valence-corrected chi connectivity index (χ3v) is 2.40. The maximum Gasteiger partial charge on any atom is 0.240 e. The molecule has 6 heteroatoms. The summed E-state index contributed by atoms with van der Waals surface area (Å²) in [6.45, 7) is 1.62. The highest BCUT2D eigenvalue weighted by Crippen LogP contribution is 2.25. The van der Waals surface area contributed by atoms with E-state index in [4.69, 9.17) is 9.84 Å². The van der Waals surface area contributed by atoms with Gasteiger partial charge < -0.3 is 14.9 Å². The van der Waals surface area contributed by atoms with Gasteiger partial charge in [0.05, 0.1) is 19.4 Å². The predicted molar refractivity (Wildman–Crippen MR) is 71.3 cm³/mol. The number of aliphatic hydroxyl groups excluding tert-OH is 1. The van der Waals surface area contributed by atoms with Crippen LogP contribution in [0.3, 0.4) is 0 Å². The first-order chi connectivity index (χ1) is 9.02. The van der Waals surface area contributed by atoms with Gasteiger partial charge >= 0.3 is 0 Å². The molecule has 0 bridgehead atoms. The number of hydrogen-bond acceptors (Lipinski definition) is 5. The summed E-state index contributed by atoms with van der Waals surface area (Å²) in [7, 11) is 1.45. The molecule has 0 saturated carbocycles. The molecule has 0 radical (unpaired) electrons. The Morgan fingerprint density at radius 3 is 2.95 bits per heavy atom. The minimum atomic E-state index is -0.504. The molecule has 0 aromatic heterocycles. The molecule has 0 aliphatic rings. The van der Waals surface area contributed by atoms with Gasteiger partial charge in [0, 0.05) is 6.42 Å². The van der Waals surface area contributed by atoms with Gasteiger partial charge in [-0.2, -0.15) is 5.10 Å². The molecule has 6 nitrogen and oxygen atoms in total. The van der Waals surface area contributed by atoms with Crippen LogP contribution in [0.2, 0.25) is 0 Å². The van der Waals surface area contributed by atoms with E-state index in [0.29, 0.717) is 17.7 Å². The normalized spacial score (nSPS) is 12.4. The molecule has 0 heterocycles. The molecule has 0 spiro atoms. The molecule has 0 aliphatic heterocycles. The molecule has 0 fully saturated rings. The summed E-state index contributed by atoms with van der Waals surface area (Å²) in [5, 5.41) is 22.2. The molecule has 1 aromatic rings. The van der Waals surface area contributed by atoms with Crippen molar-refractivity contribution in [3.05, 3.63) is 23.8 Å². The Morgan fingerprint density at radius 2 is 2.32 bits per heavy atom. The highest BCUT2D eigenvalue weighted by molar-refractivity contribution is 5.83. The molecule has 0 aliphatic carbocycles. The molecule has 3 N–H and O–H groups in total. The topological polar surface area (TPSA) is 91.2 Å². The SMILES string of the molecule is COc1cc(/C=N/NC(=O)CC[C@@H](C)O)ccc1O. The summed E-state index contributed by atoms with van der Waals surface area (Å²) in [5.41, 5.74) is 3.04. The Hall–Kier alpha value is -2.08. The van der Waals surface area contributed by atoms with E-state index < -0.39 is 6.10 Å². The van der Waals surface area contributed by atoms with Crippen molar-refractivity contribution in [2.24, 2.45) is 5.10 Å². The molecule has 1 rings (SSSR count). The smallest absolute Gasteiger partial charge is 0.240 e. The van der Waals surface area contributed by atoms with Gasteiger partial charge in [-0.1, -0.05) is 0 Å². The van der Waals surface area contributed by atoms with Gasteiger partial charge in [0.15, 0.2) is 11.5 Å². The Kier molecular flexibility index (Phi) is 5.81. The number of carbonyl (C=O) groups excluding carboxylic acids is 1. The molecule has 19 heavy (non-hydrogen) atoms. The van der Waals surface area contributed by atoms with Crippen molar-refractivity contribution in [1.82, 2.24) is 5.43 Å². The summed E-state index contributed by atoms with van der Waals surface area (Å²) >= 11 is 0. The number of aromatic hydroxyl groups is 1. The Morgan fingerprint density at radius 1 is 1.58 bits per heavy atom. The number of phenols is 1. The molecule has 0 saturated heterocycles. The van der Waals surface area contributed by atoms with Crippen LogP contribution in [0.25, 0.3) is 0 Å². The van der Waals surface area contributed by atoms with E-state index in [1.165, 1.54) is 19.4 Å². The zero-order valence-electron chi connectivity index (χ0n) is 11.0. The third-order valence-electron chi connectivity index (χ3n) is 2.40. The first kappa shape index (κ1) is 15.0. The lowest BCUT2D eigenvalue weighted by molar-refractivity contribution is -0.121. The molecule has 1 atom stereocenters. The number of amides is 1. The van der Waals surface area contributed by atoms with E-state index in [1.807, 2.05) is 0 Å². The second kappa shape index (κ2) is 7.38. The second-order valence-corrected chi connectivity index (χ2v) is 4.11. The fraction of sp³-hybridized carbons (Fsp3) is 0.385. The summed E-state index contributed by atoms with van der Waals surface area (Å²) < 4.78 is 4.95. The number of ether oxygens (including phenoxy) is 1. The van der Waals surface area contributed by atoms with Crippen molar-refractivity contribution in [2.45, 2.75) is 25.9 Å². The zero-order valence-corrected chi connectivity index (χ0v) is 11.0. The fourth-order valence-corrected chi connectivity index (χ4v) is 1.35. The first-order valence-electron chi connectivity index (χ1n) is 5.90. The molecule has 1 amide bonds. The van der Waals surface area contributed by atoms with Crippen LogP contribution < -0.4 is 10.2 Å². The predicted octanol–water partition coefficient (Wildman–Crippen LogP) is 1.01. The summed E-state index contributed by atoms with van der Waals surface area (Å²) in [6, 6.07) is 4.72. The standard InChI is InChI=1S/C13H18N2O4/c1-9(16)3-6-13(18)15-14-8-10-4-5-11(17)12(7-10)19-2/h4-5,7-9,16-17H,3,6H2,1-2H3,(H,15,18)/b14-8+/t9-/m1/s1. The number of methoxy groups -OCH3 is 1. The van der Waals surface area contributed by atoms with Crippen LogP contribution in [0.15, 0.2) is 23.3 Å². The average molecular weight is 266 g/mol. The summed E-state index contributed by atoms with van der Waals surface area (Å²) in [6.07, 6.45) is 1.56. The first-order valence-corrected chi connectivity index (χ1v) is 5.90. The molecular weight excluding hydrogens is 248 g/mol. The van der Waals surface area contributed by atoms with Gasteiger partial charge in [0.2, 0.25) is 5.91 Å². The minimum Gasteiger partial charge on any atom is -0.504 e. The lowest BCUT2D eigenvalue weighted by atomic mass is 10.2. The number of phenolic OH excluding ortho intramolecular Hbond substituents is 1. The summed E-state index contributed by atoms with van der Waals surface area (Å²) in [5.74, 6) is 0.118. The van der Waals surface area contributed by atoms with E-state index in [0.717, 1.165) is 0 Å². The second-order valence-electron chi connectivity index (χ2n) is 4.11. The van der Waals surface area contributed by atoms with Crippen molar-refractivity contribution in [3.63, 3.8) is 0 Å². The van der Waals surface area contributed by atoms with Crippen LogP contribution >= 0.6 is 0 Å². The molecule has 1 aromatic carbocycles. The van der Waals surface area contributed by atoms with Gasteiger partial charge in [-0.25, -0.2) is 5.43 Å². The lowest BCUT2D eigenvalue weighted by Crippen LogP contribution is -2.18. The van der Waals surface area contributed by atoms with Gasteiger partial charge in [0.25, 0.3) is 0 Å². The van der Waals surface area contributed by atoms with Crippen molar-refractivity contribution >= 4 is 12.1 Å². The van der Waals surface area contributed by atoms with Crippen LogP contribution in [-0.4, -0.2) is 35.5 Å². The van der Waals surface area contributed by atoms with Crippen LogP contribution in [0.5, 0.6) is 11.5 Å². The minimum absolute atomic E-state index is 0.0422. The van der Waals surface area contributed by atoms with Gasteiger partial charge in [0.1, 0.15) is 0 Å². The monoisotopic (exact) mass is 266 g/mol. The van der Waals surface area contributed by atoms with Gasteiger partial charge in [-0.3, -0.25) is 4.79 Å². The lowest BCUT2D eigenvalue weighted by Gasteiger charge is -2.04. The molecule has 0 unspecified atom stereocenters. The number of rotatable bonds is 6. The molecule has 104 valence electrons. The number of carbonyl (C=O) groups is 1. The fourth-order valence-electron chi connectivity index (χ4n) is 1.35. The number of hydrazone groups is 1. The Labute approximate surface area is 111 Å². The highest BCUT2D eigenvalue weighted by atomic mass is 16.5. The largest absolute Gasteiger partial charge is 0.504 e. The molecular formula is C13H18N2O4. The number of aliphatic hydroxyl groups is 1. The number of nitrogens with one attached hydrogen (secondary N) is 1. The van der Waals surface area contributed by atoms with E-state index in [9.17, 15) is 9.90 Å². The third kappa shape index (κ3) is 5.39. The zero-order chi connectivity index (χ0) is 14.3. The number of hydrogen-bond donors (Lipinski definition) is 3. The van der Waals surface area contributed by atoms with Crippen molar-refractivity contribution in [1.29, 1.82) is 0 Å². The van der Waals surface area contributed by atoms with E-state index in [-0.39, 0.29) is 18.1 Å². The number of nitrogens with zero attached hydrogens (tertiary/aromatic N) is 1. The highest BCUT2D eigenvalue weighted by Gasteiger charge is 2.03. The maximum atomic E-state index is 11.3. The number of benzene rings is 1. The van der Waals surface area contributed by atoms with E-state index in [1.54, 1.807) is 19.1 Å². The maximum absolute atomic E-state index is 11.3. The van der Waals surface area contributed by atoms with Crippen LogP contribution in [0, 0.1) is 0 Å². The van der Waals surface area contributed by atoms with Crippen molar-refractivity contribution in [3.8, 4) is 11.5 Å². The quantitative estimate of drug-likeness (QED) is 0.529. The average Bonchev–Trinajstić information content (AvgIpc) is 2.38. The van der Waals surface area contributed by atoms with Crippen molar-refractivity contribution in [2.75, 3.05) is 7.11 Å². The van der Waals surface area contributed by atoms with Crippen LogP contribution in [-0.2, 0) is 4.79 Å². The Balaban J connectivity index is 2.50. The summed E-state index contributed by atoms with van der Waals surface area (Å²) in [4.78, 5) is 11.3.